The number of likely N-dealkylation sites (tertiary alicyclic amines) is 1. The SMILES string of the molecule is CCCc1cc(-c2cc(CN3CCC(N(Cc4ccc(-c5cc(OC)c(OC)c(OC)c5)cc4)c4cccc(SC)c4)CC3)ccn2)cc(OC)c1C. The molecule has 0 bridgehead atoms. The van der Waals surface area contributed by atoms with E-state index >= 15 is 0 Å². The van der Waals surface area contributed by atoms with E-state index in [-0.39, 0.29) is 0 Å². The topological polar surface area (TPSA) is 56.3 Å². The zero-order chi connectivity index (χ0) is 37.3. The van der Waals surface area contributed by atoms with Gasteiger partial charge in [-0.3, -0.25) is 9.88 Å². The number of hydrogen-bond donors (Lipinski definition) is 0. The molecule has 0 radical (unpaired) electrons. The van der Waals surface area contributed by atoms with Gasteiger partial charge in [-0.25, -0.2) is 0 Å². The van der Waals surface area contributed by atoms with Crippen LogP contribution < -0.4 is 23.8 Å². The molecule has 0 spiro atoms. The third-order valence-corrected chi connectivity index (χ3v) is 11.1. The number of thioether (sulfide) groups is 1. The molecule has 1 saturated heterocycles. The Morgan fingerprint density at radius 3 is 2.09 bits per heavy atom. The molecule has 6 rings (SSSR count). The second-order valence-corrected chi connectivity index (χ2v) is 14.6. The lowest BCUT2D eigenvalue weighted by Crippen LogP contribution is -2.44. The first kappa shape index (κ1) is 38.1. The molecule has 0 N–H and O–H groups in total. The van der Waals surface area contributed by atoms with Crippen LogP contribution in [0.2, 0.25) is 0 Å². The molecule has 8 heteroatoms. The van der Waals surface area contributed by atoms with Gasteiger partial charge in [-0.2, -0.15) is 0 Å². The molecule has 0 aliphatic carbocycles. The van der Waals surface area contributed by atoms with Gasteiger partial charge in [-0.15, -0.1) is 11.8 Å². The number of aromatic nitrogens is 1. The van der Waals surface area contributed by atoms with Gasteiger partial charge in [0.2, 0.25) is 5.75 Å². The first-order valence-electron chi connectivity index (χ1n) is 18.5. The number of piperidine rings is 1. The van der Waals surface area contributed by atoms with E-state index in [4.69, 9.17) is 23.9 Å². The van der Waals surface area contributed by atoms with Crippen molar-refractivity contribution in [1.29, 1.82) is 0 Å². The van der Waals surface area contributed by atoms with E-state index in [2.05, 4.69) is 103 Å². The molecule has 0 saturated carbocycles. The molecule has 1 aliphatic rings. The first-order chi connectivity index (χ1) is 25.9. The molecule has 1 aliphatic heterocycles. The van der Waals surface area contributed by atoms with Crippen molar-refractivity contribution in [2.24, 2.45) is 0 Å². The van der Waals surface area contributed by atoms with Crippen molar-refractivity contribution >= 4 is 17.4 Å². The number of ether oxygens (including phenoxy) is 4. The smallest absolute Gasteiger partial charge is 0.203 e. The van der Waals surface area contributed by atoms with E-state index in [1.165, 1.54) is 32.8 Å². The van der Waals surface area contributed by atoms with Crippen molar-refractivity contribution in [1.82, 2.24) is 9.88 Å². The lowest BCUT2D eigenvalue weighted by atomic mass is 9.97. The van der Waals surface area contributed by atoms with Crippen molar-refractivity contribution in [2.75, 3.05) is 52.7 Å². The predicted molar refractivity (Wildman–Crippen MR) is 219 cm³/mol. The Balaban J connectivity index is 1.17. The van der Waals surface area contributed by atoms with Crippen LogP contribution in [-0.4, -0.2) is 63.7 Å². The van der Waals surface area contributed by atoms with Crippen molar-refractivity contribution in [2.45, 2.75) is 63.6 Å². The Morgan fingerprint density at radius 2 is 1.45 bits per heavy atom. The van der Waals surface area contributed by atoms with Gasteiger partial charge in [0, 0.05) is 54.6 Å². The largest absolute Gasteiger partial charge is 0.496 e. The second kappa shape index (κ2) is 17.9. The molecule has 0 atom stereocenters. The average molecular weight is 732 g/mol. The summed E-state index contributed by atoms with van der Waals surface area (Å²) in [4.78, 5) is 11.3. The lowest BCUT2D eigenvalue weighted by Gasteiger charge is -2.40. The molecule has 0 amide bonds. The van der Waals surface area contributed by atoms with Crippen LogP contribution in [-0.2, 0) is 19.5 Å². The van der Waals surface area contributed by atoms with Crippen molar-refractivity contribution in [3.63, 3.8) is 0 Å². The second-order valence-electron chi connectivity index (χ2n) is 13.7. The maximum absolute atomic E-state index is 5.75. The van der Waals surface area contributed by atoms with Crippen LogP contribution in [0.25, 0.3) is 22.4 Å². The maximum Gasteiger partial charge on any atom is 0.203 e. The molecule has 1 fully saturated rings. The Hall–Kier alpha value is -4.66. The highest BCUT2D eigenvalue weighted by molar-refractivity contribution is 7.98. The number of anilines is 1. The zero-order valence-electron chi connectivity index (χ0n) is 32.3. The fraction of sp³-hybridized carbons (Fsp3) is 0.356. The van der Waals surface area contributed by atoms with Crippen molar-refractivity contribution in [3.05, 3.63) is 113 Å². The highest BCUT2D eigenvalue weighted by atomic mass is 32.2. The minimum absolute atomic E-state index is 0.433. The minimum atomic E-state index is 0.433. The molecule has 7 nitrogen and oxygen atoms in total. The number of aryl methyl sites for hydroxylation is 1. The quantitative estimate of drug-likeness (QED) is 0.0987. The summed E-state index contributed by atoms with van der Waals surface area (Å²) in [6, 6.07) is 31.1. The number of methoxy groups -OCH3 is 4. The number of rotatable bonds is 15. The Kier molecular flexibility index (Phi) is 12.9. The van der Waals surface area contributed by atoms with Gasteiger partial charge in [0.05, 0.1) is 34.1 Å². The van der Waals surface area contributed by atoms with Gasteiger partial charge < -0.3 is 23.8 Å². The minimum Gasteiger partial charge on any atom is -0.496 e. The molecule has 5 aromatic rings. The summed E-state index contributed by atoms with van der Waals surface area (Å²) in [6.45, 7) is 8.21. The van der Waals surface area contributed by atoms with E-state index in [1.807, 2.05) is 18.3 Å². The highest BCUT2D eigenvalue weighted by Gasteiger charge is 2.26. The Bertz CT molecular complexity index is 1950. The summed E-state index contributed by atoms with van der Waals surface area (Å²) >= 11 is 1.79. The Morgan fingerprint density at radius 1 is 0.755 bits per heavy atom. The van der Waals surface area contributed by atoms with Crippen LogP contribution in [0.3, 0.4) is 0 Å². The average Bonchev–Trinajstić information content (AvgIpc) is 3.20. The summed E-state index contributed by atoms with van der Waals surface area (Å²) in [6.07, 6.45) is 8.43. The molecular formula is C45H53N3O4S. The van der Waals surface area contributed by atoms with Gasteiger partial charge in [-0.05, 0) is 120 Å². The molecule has 278 valence electrons. The summed E-state index contributed by atoms with van der Waals surface area (Å²) in [5, 5.41) is 0. The first-order valence-corrected chi connectivity index (χ1v) is 19.8. The van der Waals surface area contributed by atoms with Crippen LogP contribution >= 0.6 is 11.8 Å². The molecule has 1 aromatic heterocycles. The highest BCUT2D eigenvalue weighted by Crippen LogP contribution is 2.41. The molecule has 0 unspecified atom stereocenters. The monoisotopic (exact) mass is 731 g/mol. The number of benzene rings is 4. The third kappa shape index (κ3) is 8.94. The zero-order valence-corrected chi connectivity index (χ0v) is 33.1. The van der Waals surface area contributed by atoms with E-state index < -0.39 is 0 Å². The van der Waals surface area contributed by atoms with Gasteiger partial charge >= 0.3 is 0 Å². The lowest BCUT2D eigenvalue weighted by molar-refractivity contribution is 0.201. The predicted octanol–water partition coefficient (Wildman–Crippen LogP) is 10.1. The number of hydrogen-bond acceptors (Lipinski definition) is 8. The summed E-state index contributed by atoms with van der Waals surface area (Å²) < 4.78 is 22.5. The van der Waals surface area contributed by atoms with E-state index in [1.54, 1.807) is 40.2 Å². The van der Waals surface area contributed by atoms with Crippen molar-refractivity contribution in [3.8, 4) is 45.4 Å². The van der Waals surface area contributed by atoms with Crippen LogP contribution in [0.1, 0.15) is 48.4 Å². The van der Waals surface area contributed by atoms with E-state index in [0.717, 1.165) is 80.0 Å². The number of nitrogens with zero attached hydrogens (tertiary/aromatic N) is 3. The third-order valence-electron chi connectivity index (χ3n) is 10.4. The van der Waals surface area contributed by atoms with E-state index in [9.17, 15) is 0 Å². The molecule has 2 heterocycles. The van der Waals surface area contributed by atoms with Crippen molar-refractivity contribution < 1.29 is 18.9 Å². The molecule has 4 aromatic carbocycles. The normalized spacial score (nSPS) is 13.5. The van der Waals surface area contributed by atoms with Crippen LogP contribution in [0.5, 0.6) is 23.0 Å². The standard InChI is InChI=1S/C45H53N3O4S/c1-8-10-35-24-37(27-42(49-3)31(35)2)41-23-33(17-20-46-41)29-47-21-18-38(19-22-47)48(39-11-9-12-40(28-39)53-7)30-32-13-15-34(16-14-32)36-25-43(50-4)45(52-6)44(26-36)51-5/h9,11-17,20,23-28,38H,8,10,18-19,21-22,29-30H2,1-7H3. The number of pyridine rings is 1. The summed E-state index contributed by atoms with van der Waals surface area (Å²) in [5.41, 5.74) is 10.6. The van der Waals surface area contributed by atoms with Crippen LogP contribution in [0.4, 0.5) is 5.69 Å². The van der Waals surface area contributed by atoms with Gasteiger partial charge in [0.1, 0.15) is 5.75 Å². The fourth-order valence-corrected chi connectivity index (χ4v) is 7.93. The molecule has 53 heavy (non-hydrogen) atoms. The maximum atomic E-state index is 5.75. The molecular weight excluding hydrogens is 679 g/mol. The Labute approximate surface area is 320 Å². The summed E-state index contributed by atoms with van der Waals surface area (Å²) in [5.74, 6) is 2.82. The van der Waals surface area contributed by atoms with Crippen LogP contribution in [0, 0.1) is 6.92 Å². The fourth-order valence-electron chi connectivity index (χ4n) is 7.48. The van der Waals surface area contributed by atoms with E-state index in [0.29, 0.717) is 23.3 Å². The van der Waals surface area contributed by atoms with Gasteiger partial charge in [-0.1, -0.05) is 43.7 Å². The van der Waals surface area contributed by atoms with Gasteiger partial charge in [0.25, 0.3) is 0 Å². The summed E-state index contributed by atoms with van der Waals surface area (Å²) in [7, 11) is 6.68. The van der Waals surface area contributed by atoms with Crippen LogP contribution in [0.15, 0.2) is 96.0 Å². The van der Waals surface area contributed by atoms with Gasteiger partial charge in [0.15, 0.2) is 11.5 Å².